The minimum absolute atomic E-state index is 0.0730. The maximum absolute atomic E-state index is 12.9. The van der Waals surface area contributed by atoms with Gasteiger partial charge in [0.05, 0.1) is 22.9 Å². The Labute approximate surface area is 157 Å². The predicted molar refractivity (Wildman–Crippen MR) is 97.5 cm³/mol. The molecule has 5 nitrogen and oxygen atoms in total. The summed E-state index contributed by atoms with van der Waals surface area (Å²) in [5, 5.41) is 2.51. The Kier molecular flexibility index (Phi) is 4.38. The molecule has 0 unspecified atom stereocenters. The molecule has 8 heteroatoms. The van der Waals surface area contributed by atoms with Crippen LogP contribution in [-0.4, -0.2) is 15.5 Å². The molecule has 0 spiro atoms. The molecule has 0 saturated heterocycles. The van der Waals surface area contributed by atoms with E-state index in [4.69, 9.17) is 4.42 Å². The van der Waals surface area contributed by atoms with Crippen LogP contribution in [0.3, 0.4) is 0 Å². The highest BCUT2D eigenvalue weighted by molar-refractivity contribution is 5.92. The van der Waals surface area contributed by atoms with E-state index >= 15 is 0 Å². The number of anilines is 1. The summed E-state index contributed by atoms with van der Waals surface area (Å²) in [6, 6.07) is 15.2. The normalized spacial score (nSPS) is 11.7. The number of carbonyl (C=O) groups excluding carboxylic acids is 1. The number of nitrogens with zero attached hydrogens (tertiary/aromatic N) is 2. The van der Waals surface area contributed by atoms with Crippen LogP contribution in [0.2, 0.25) is 0 Å². The maximum atomic E-state index is 12.9. The second kappa shape index (κ2) is 6.88. The van der Waals surface area contributed by atoms with Crippen LogP contribution in [0.1, 0.15) is 5.56 Å². The van der Waals surface area contributed by atoms with Crippen LogP contribution < -0.4 is 5.32 Å². The van der Waals surface area contributed by atoms with E-state index in [1.54, 1.807) is 16.7 Å². The third-order valence-electron chi connectivity index (χ3n) is 4.17. The molecule has 2 aromatic heterocycles. The Bertz CT molecular complexity index is 1130. The number of carbonyl (C=O) groups is 1. The monoisotopic (exact) mass is 385 g/mol. The molecule has 1 N–H and O–H groups in total. The van der Waals surface area contributed by atoms with E-state index in [0.29, 0.717) is 22.6 Å². The minimum Gasteiger partial charge on any atom is -0.461 e. The Morgan fingerprint density at radius 2 is 1.89 bits per heavy atom. The van der Waals surface area contributed by atoms with E-state index in [1.165, 1.54) is 18.4 Å². The van der Waals surface area contributed by atoms with Gasteiger partial charge >= 0.3 is 6.18 Å². The van der Waals surface area contributed by atoms with Gasteiger partial charge in [0, 0.05) is 5.69 Å². The van der Waals surface area contributed by atoms with Gasteiger partial charge in [0.25, 0.3) is 0 Å². The van der Waals surface area contributed by atoms with Crippen molar-refractivity contribution >= 4 is 22.6 Å². The Morgan fingerprint density at radius 1 is 1.07 bits per heavy atom. The van der Waals surface area contributed by atoms with Gasteiger partial charge in [-0.2, -0.15) is 13.2 Å². The van der Waals surface area contributed by atoms with Crippen molar-refractivity contribution in [2.45, 2.75) is 12.7 Å². The van der Waals surface area contributed by atoms with E-state index in [0.717, 1.165) is 12.1 Å². The van der Waals surface area contributed by atoms with Gasteiger partial charge in [0.2, 0.25) is 5.91 Å². The number of rotatable bonds is 4. The van der Waals surface area contributed by atoms with Crippen molar-refractivity contribution in [2.75, 3.05) is 5.32 Å². The average molecular weight is 385 g/mol. The average Bonchev–Trinajstić information content (AvgIpc) is 3.29. The van der Waals surface area contributed by atoms with Crippen LogP contribution in [0.15, 0.2) is 71.3 Å². The lowest BCUT2D eigenvalue weighted by Crippen LogP contribution is -2.19. The van der Waals surface area contributed by atoms with Gasteiger partial charge in [-0.15, -0.1) is 0 Å². The Hall–Kier alpha value is -3.55. The maximum Gasteiger partial charge on any atom is 0.416 e. The van der Waals surface area contributed by atoms with Gasteiger partial charge in [-0.3, -0.25) is 4.79 Å². The van der Waals surface area contributed by atoms with E-state index < -0.39 is 17.6 Å². The first-order valence-corrected chi connectivity index (χ1v) is 8.38. The number of hydrogen-bond acceptors (Lipinski definition) is 3. The lowest BCUT2D eigenvalue weighted by Gasteiger charge is -2.11. The molecule has 2 aromatic carbocycles. The molecular weight excluding hydrogens is 371 g/mol. The molecule has 0 aliphatic rings. The fourth-order valence-corrected chi connectivity index (χ4v) is 2.95. The van der Waals surface area contributed by atoms with Crippen molar-refractivity contribution in [1.82, 2.24) is 9.55 Å². The van der Waals surface area contributed by atoms with Gasteiger partial charge in [-0.1, -0.05) is 18.2 Å². The molecule has 0 fully saturated rings. The number of hydrogen-bond donors (Lipinski definition) is 1. The number of para-hydroxylation sites is 2. The van der Waals surface area contributed by atoms with Crippen LogP contribution >= 0.6 is 0 Å². The van der Waals surface area contributed by atoms with Gasteiger partial charge in [0.15, 0.2) is 11.6 Å². The Balaban J connectivity index is 1.63. The molecule has 0 bridgehead atoms. The fraction of sp³-hybridized carbons (Fsp3) is 0.100. The van der Waals surface area contributed by atoms with E-state index in [1.807, 2.05) is 24.3 Å². The number of amides is 1. The summed E-state index contributed by atoms with van der Waals surface area (Å²) < 4.78 is 45.6. The van der Waals surface area contributed by atoms with Crippen LogP contribution in [0.4, 0.5) is 18.9 Å². The van der Waals surface area contributed by atoms with Crippen molar-refractivity contribution in [2.24, 2.45) is 0 Å². The third-order valence-corrected chi connectivity index (χ3v) is 4.17. The number of benzene rings is 2. The second-order valence-electron chi connectivity index (χ2n) is 6.11. The summed E-state index contributed by atoms with van der Waals surface area (Å²) in [6.07, 6.45) is -2.98. The van der Waals surface area contributed by atoms with Crippen molar-refractivity contribution < 1.29 is 22.4 Å². The highest BCUT2D eigenvalue weighted by Gasteiger charge is 2.30. The summed E-state index contributed by atoms with van der Waals surface area (Å²) in [5.41, 5.74) is 0.646. The number of alkyl halides is 3. The van der Waals surface area contributed by atoms with Gasteiger partial charge in [0.1, 0.15) is 6.54 Å². The highest BCUT2D eigenvalue weighted by atomic mass is 19.4. The first kappa shape index (κ1) is 17.8. The molecule has 0 aliphatic carbocycles. The predicted octanol–water partition coefficient (Wildman–Crippen LogP) is 4.95. The van der Waals surface area contributed by atoms with Crippen molar-refractivity contribution in [3.63, 3.8) is 0 Å². The standard InChI is InChI=1S/C20H14F3N3O2/c21-20(22,23)13-5-3-6-14(11-13)24-18(27)12-26-16-8-2-1-7-15(16)25-19(26)17-9-4-10-28-17/h1-11H,12H2,(H,24,27). The number of furan rings is 1. The molecule has 0 atom stereocenters. The van der Waals surface area contributed by atoms with Gasteiger partial charge < -0.3 is 14.3 Å². The molecule has 1 amide bonds. The number of fused-ring (bicyclic) bond motifs is 1. The minimum atomic E-state index is -4.48. The van der Waals surface area contributed by atoms with Gasteiger partial charge in [-0.25, -0.2) is 4.98 Å². The molecule has 0 radical (unpaired) electrons. The number of aromatic nitrogens is 2. The zero-order valence-corrected chi connectivity index (χ0v) is 14.4. The van der Waals surface area contributed by atoms with Crippen molar-refractivity contribution in [1.29, 1.82) is 0 Å². The molecule has 28 heavy (non-hydrogen) atoms. The van der Waals surface area contributed by atoms with Gasteiger partial charge in [-0.05, 0) is 42.5 Å². The molecular formula is C20H14F3N3O2. The highest BCUT2D eigenvalue weighted by Crippen LogP contribution is 2.31. The lowest BCUT2D eigenvalue weighted by atomic mass is 10.2. The molecule has 0 aliphatic heterocycles. The Morgan fingerprint density at radius 3 is 2.64 bits per heavy atom. The topological polar surface area (TPSA) is 60.1 Å². The van der Waals surface area contributed by atoms with Crippen LogP contribution in [0.25, 0.3) is 22.6 Å². The first-order valence-electron chi connectivity index (χ1n) is 8.38. The largest absolute Gasteiger partial charge is 0.461 e. The second-order valence-corrected chi connectivity index (χ2v) is 6.11. The lowest BCUT2D eigenvalue weighted by molar-refractivity contribution is -0.137. The summed E-state index contributed by atoms with van der Waals surface area (Å²) >= 11 is 0. The third kappa shape index (κ3) is 3.48. The molecule has 4 rings (SSSR count). The van der Waals surface area contributed by atoms with Crippen LogP contribution in [0, 0.1) is 0 Å². The fourth-order valence-electron chi connectivity index (χ4n) is 2.95. The SMILES string of the molecule is O=C(Cn1c(-c2ccco2)nc2ccccc21)Nc1cccc(C(F)(F)F)c1. The summed E-state index contributed by atoms with van der Waals surface area (Å²) in [4.78, 5) is 17.0. The number of imidazole rings is 1. The van der Waals surface area contributed by atoms with Crippen LogP contribution in [-0.2, 0) is 17.5 Å². The summed E-state index contributed by atoms with van der Waals surface area (Å²) in [7, 11) is 0. The molecule has 4 aromatic rings. The van der Waals surface area contributed by atoms with Crippen molar-refractivity contribution in [3.05, 3.63) is 72.5 Å². The number of halogens is 3. The summed E-state index contributed by atoms with van der Waals surface area (Å²) in [5.74, 6) is 0.476. The summed E-state index contributed by atoms with van der Waals surface area (Å²) in [6.45, 7) is -0.132. The molecule has 142 valence electrons. The van der Waals surface area contributed by atoms with E-state index in [9.17, 15) is 18.0 Å². The van der Waals surface area contributed by atoms with Crippen molar-refractivity contribution in [3.8, 4) is 11.6 Å². The zero-order chi connectivity index (χ0) is 19.7. The van der Waals surface area contributed by atoms with E-state index in [-0.39, 0.29) is 12.2 Å². The zero-order valence-electron chi connectivity index (χ0n) is 14.4. The molecule has 2 heterocycles. The van der Waals surface area contributed by atoms with Crippen LogP contribution in [0.5, 0.6) is 0 Å². The molecule has 0 saturated carbocycles. The quantitative estimate of drug-likeness (QED) is 0.541. The number of nitrogens with one attached hydrogen (secondary N) is 1. The first-order chi connectivity index (χ1) is 13.4. The smallest absolute Gasteiger partial charge is 0.416 e. The van der Waals surface area contributed by atoms with E-state index in [2.05, 4.69) is 10.3 Å².